The lowest BCUT2D eigenvalue weighted by Gasteiger charge is -2.29. The third-order valence-electron chi connectivity index (χ3n) is 18.2. The number of amides is 2. The Bertz CT molecular complexity index is 4490. The number of nitrogens with zero attached hydrogens (tertiary/aromatic N) is 16. The number of hydrogen-bond donors (Lipinski definition) is 4. The molecule has 3 aliphatic rings. The number of methoxy groups -OCH3 is 3. The van der Waals surface area contributed by atoms with E-state index in [2.05, 4.69) is 120 Å². The van der Waals surface area contributed by atoms with E-state index in [0.29, 0.717) is 141 Å². The van der Waals surface area contributed by atoms with Gasteiger partial charge in [-0.15, -0.1) is 11.6 Å². The minimum absolute atomic E-state index is 0. The molecule has 4 N–H and O–H groups in total. The third-order valence-corrected chi connectivity index (χ3v) is 21.8. The van der Waals surface area contributed by atoms with E-state index in [-0.39, 0.29) is 43.1 Å². The Hall–Kier alpha value is -8.61. The molecule has 111 heavy (non-hydrogen) atoms. The summed E-state index contributed by atoms with van der Waals surface area (Å²) in [6.45, 7) is 20.5. The van der Waals surface area contributed by atoms with Gasteiger partial charge >= 0.3 is 18.5 Å². The molecule has 9 aromatic heterocycles. The highest BCUT2D eigenvalue weighted by atomic mass is 35.5. The Balaban J connectivity index is 0.000000203. The molecular formula is C71H100ClF9N20O8Si2. The lowest BCUT2D eigenvalue weighted by molar-refractivity contribution is -0.135. The van der Waals surface area contributed by atoms with Crippen LogP contribution in [0.1, 0.15) is 105 Å². The molecule has 40 heteroatoms. The number of halogens is 10. The number of H-pyrrole nitrogens is 2. The molecule has 0 aliphatic carbocycles. The number of rotatable bonds is 31. The van der Waals surface area contributed by atoms with Crippen LogP contribution in [0.5, 0.6) is 0 Å². The van der Waals surface area contributed by atoms with Gasteiger partial charge in [0, 0.05) is 193 Å². The number of fused-ring (bicyclic) bond motifs is 6. The molecule has 12 rings (SSSR count). The van der Waals surface area contributed by atoms with Crippen LogP contribution in [0, 0.1) is 0 Å². The predicted octanol–water partition coefficient (Wildman–Crippen LogP) is 12.3. The van der Waals surface area contributed by atoms with Crippen molar-refractivity contribution in [3.8, 4) is 0 Å². The fourth-order valence-electron chi connectivity index (χ4n) is 12.5. The van der Waals surface area contributed by atoms with E-state index in [0.717, 1.165) is 79.6 Å². The summed E-state index contributed by atoms with van der Waals surface area (Å²) in [6, 6.07) is 7.96. The van der Waals surface area contributed by atoms with E-state index in [9.17, 15) is 53.9 Å². The van der Waals surface area contributed by atoms with Crippen molar-refractivity contribution in [1.82, 2.24) is 84.4 Å². The summed E-state index contributed by atoms with van der Waals surface area (Å²) in [7, 11) is 2.42. The summed E-state index contributed by atoms with van der Waals surface area (Å²) < 4.78 is 147. The Morgan fingerprint density at radius 3 is 1.42 bits per heavy atom. The summed E-state index contributed by atoms with van der Waals surface area (Å²) in [5.41, 5.74) is 7.43. The van der Waals surface area contributed by atoms with Crippen molar-refractivity contribution in [1.29, 1.82) is 0 Å². The molecule has 0 unspecified atom stereocenters. The maximum Gasteiger partial charge on any atom is 0.390 e. The van der Waals surface area contributed by atoms with Crippen LogP contribution in [0.3, 0.4) is 0 Å². The van der Waals surface area contributed by atoms with E-state index >= 15 is 0 Å². The number of aromatic amines is 2. The second-order valence-electron chi connectivity index (χ2n) is 28.9. The fourth-order valence-corrected chi connectivity index (χ4v) is 14.1. The van der Waals surface area contributed by atoms with Gasteiger partial charge in [0.2, 0.25) is 0 Å². The van der Waals surface area contributed by atoms with Crippen LogP contribution >= 0.6 is 11.6 Å². The van der Waals surface area contributed by atoms with Gasteiger partial charge in [0.25, 0.3) is 11.8 Å². The molecule has 0 atom stereocenters. The van der Waals surface area contributed by atoms with Gasteiger partial charge in [-0.25, -0.2) is 29.9 Å². The van der Waals surface area contributed by atoms with Crippen LogP contribution in [0.15, 0.2) is 55.8 Å². The zero-order chi connectivity index (χ0) is 79.6. The number of aromatic nitrogens is 15. The first kappa shape index (κ1) is 88.0. The number of carbonyl (C=O) groups is 3. The van der Waals surface area contributed by atoms with Crippen LogP contribution in [-0.4, -0.2) is 219 Å². The Labute approximate surface area is 644 Å². The van der Waals surface area contributed by atoms with Crippen molar-refractivity contribution in [2.24, 2.45) is 0 Å². The van der Waals surface area contributed by atoms with Crippen LogP contribution < -0.4 is 25.3 Å². The van der Waals surface area contributed by atoms with Crippen molar-refractivity contribution in [2.45, 2.75) is 175 Å². The van der Waals surface area contributed by atoms with Gasteiger partial charge in [-0.3, -0.25) is 28.8 Å². The average Bonchev–Trinajstić information content (AvgIpc) is 1.65. The summed E-state index contributed by atoms with van der Waals surface area (Å²) in [5, 5.41) is 23.2. The summed E-state index contributed by atoms with van der Waals surface area (Å²) >= 11 is 5.18. The molecule has 3 aliphatic heterocycles. The monoisotopic (exact) mass is 1620 g/mol. The lowest BCUT2D eigenvalue weighted by atomic mass is 10.0. The first-order valence-electron chi connectivity index (χ1n) is 36.1. The van der Waals surface area contributed by atoms with E-state index in [1.54, 1.807) is 36.9 Å². The van der Waals surface area contributed by atoms with Gasteiger partial charge in [0.15, 0.2) is 17.2 Å². The normalized spacial score (nSPS) is 13.9. The topological polar surface area (TPSA) is 298 Å². The Morgan fingerprint density at radius 2 is 0.991 bits per heavy atom. The van der Waals surface area contributed by atoms with E-state index in [1.807, 2.05) is 44.6 Å². The highest BCUT2D eigenvalue weighted by Crippen LogP contribution is 2.35. The summed E-state index contributed by atoms with van der Waals surface area (Å²) in [6.07, 6.45) is -4.59. The van der Waals surface area contributed by atoms with E-state index in [1.165, 1.54) is 19.0 Å². The van der Waals surface area contributed by atoms with Gasteiger partial charge in [-0.2, -0.15) is 54.8 Å². The highest BCUT2D eigenvalue weighted by molar-refractivity contribution is 6.76. The number of nitrogens with one attached hydrogen (secondary N) is 4. The van der Waals surface area contributed by atoms with Gasteiger partial charge in [0.05, 0.1) is 61.9 Å². The number of ether oxygens (including phenoxy) is 5. The molecule has 12 heterocycles. The molecule has 28 nitrogen and oxygen atoms in total. The van der Waals surface area contributed by atoms with Gasteiger partial charge < -0.3 is 63.1 Å². The number of alkyl halides is 10. The molecule has 0 spiro atoms. The van der Waals surface area contributed by atoms with E-state index < -0.39 is 78.8 Å². The molecule has 0 saturated heterocycles. The zero-order valence-electron chi connectivity index (χ0n) is 63.2. The highest BCUT2D eigenvalue weighted by Gasteiger charge is 2.35. The van der Waals surface area contributed by atoms with Crippen LogP contribution in [-0.2, 0) is 89.1 Å². The number of hydrogen-bond acceptors (Lipinski definition) is 20. The Morgan fingerprint density at radius 1 is 0.550 bits per heavy atom. The average molecular weight is 1620 g/mol. The molecule has 2 amide bonds. The maximum absolute atomic E-state index is 12.9. The smallest absolute Gasteiger partial charge is 0.383 e. The number of carbonyl (C=O) groups excluding carboxylic acids is 3. The van der Waals surface area contributed by atoms with Gasteiger partial charge in [0.1, 0.15) is 72.5 Å². The number of anilines is 3. The summed E-state index contributed by atoms with van der Waals surface area (Å²) in [4.78, 5) is 73.9. The van der Waals surface area contributed by atoms with Gasteiger partial charge in [-0.05, 0) is 36.7 Å². The standard InChI is InChI=1S/C25H36F3N7O3Si.C23H31F3N6O2Si.C19H22F3N7O2.C3H7ClO.CH4/c1-37-12-11-35-20-6-10-33(15-19(20)21(32-35)24(36)29-8-7-25(26,27)28)22-18-5-9-34(23(18)31-16-30-22)17-38-13-14-39(2,3)4;1-35(2,3)12-11-34-15-32-9-6-16-21(27-14-28-22(16)32)31-10-7-18-17(13-31)20(30-29-18)19(33)5-4-8-23(24,25)26;1-31-9-8-29-14-3-7-28(17-12-2-5-23-16(12)25-11-26-17)10-13(14)15(27-29)18(30)24-6-4-19(20,21)22;1-5-3-2-4;/h5,9,16H,6-8,10-15,17H2,1-4H3,(H,29,36);6,9,14H,4-5,7-8,10-13,15H2,1-3H3,(H,29,30);2,5,11H,3-4,6-10H2,1H3,(H,24,30)(H,23,25,26);2-3H2,1H3;1H4. The molecule has 0 saturated carbocycles. The molecule has 610 valence electrons. The first-order valence-corrected chi connectivity index (χ1v) is 44.1. The van der Waals surface area contributed by atoms with Crippen molar-refractivity contribution < 1.29 is 77.6 Å². The quantitative estimate of drug-likeness (QED) is 0.0103. The van der Waals surface area contributed by atoms with E-state index in [4.69, 9.17) is 30.5 Å². The SMILES string of the molecule is C.COCCCl.COCCn1nc(C(=O)NCCC(F)(F)F)c2c1CCN(c1ncnc3[nH]ccc13)C2.COCCn1nc(C(=O)NCCC(F)(F)F)c2c1CCN(c1ncnc3c1ccn3COCC[Si](C)(C)C)C2.C[Si](C)(C)CCOCn1ccc2c(N3CCc4[nH]nc(C(=O)CCCC(F)(F)F)c4C3)ncnc21. The first-order chi connectivity index (χ1) is 52.3. The van der Waals surface area contributed by atoms with Crippen LogP contribution in [0.4, 0.5) is 57.0 Å². The number of ketones is 1. The van der Waals surface area contributed by atoms with Crippen molar-refractivity contribution >= 4 is 95.9 Å². The molecule has 0 aromatic carbocycles. The Kier molecular flexibility index (Phi) is 31.5. The second-order valence-corrected chi connectivity index (χ2v) is 40.5. The molecular weight excluding hydrogens is 1520 g/mol. The predicted molar refractivity (Wildman–Crippen MR) is 408 cm³/mol. The van der Waals surface area contributed by atoms with Crippen molar-refractivity contribution in [3.05, 3.63) is 107 Å². The molecule has 0 fully saturated rings. The van der Waals surface area contributed by atoms with Crippen LogP contribution in [0.25, 0.3) is 33.1 Å². The number of Topliss-reactive ketones (excluding diaryl/α,β-unsaturated/α-hetero) is 1. The minimum Gasteiger partial charge on any atom is -0.383 e. The van der Waals surface area contributed by atoms with Crippen molar-refractivity contribution in [3.63, 3.8) is 0 Å². The molecule has 0 bridgehead atoms. The second kappa shape index (κ2) is 39.7. The van der Waals surface area contributed by atoms with Gasteiger partial charge in [-0.1, -0.05) is 46.7 Å². The summed E-state index contributed by atoms with van der Waals surface area (Å²) in [5.74, 6) is 1.18. The third kappa shape index (κ3) is 24.9. The molecule has 0 radical (unpaired) electrons. The maximum atomic E-state index is 12.9. The van der Waals surface area contributed by atoms with Crippen molar-refractivity contribution in [2.75, 3.05) is 108 Å². The largest absolute Gasteiger partial charge is 0.390 e. The fraction of sp³-hybridized carbons (Fsp3) is 0.577. The minimum atomic E-state index is -4.35. The lowest BCUT2D eigenvalue weighted by Crippen LogP contribution is -2.34. The van der Waals surface area contributed by atoms with Crippen LogP contribution in [0.2, 0.25) is 51.4 Å². The molecule has 9 aromatic rings. The zero-order valence-corrected chi connectivity index (χ0v) is 66.0.